The highest BCUT2D eigenvalue weighted by Crippen LogP contribution is 2.23. The lowest BCUT2D eigenvalue weighted by Gasteiger charge is -2.11. The second-order valence-corrected chi connectivity index (χ2v) is 8.21. The van der Waals surface area contributed by atoms with Crippen LogP contribution in [0, 0.1) is 0 Å². The summed E-state index contributed by atoms with van der Waals surface area (Å²) in [6.07, 6.45) is 0. The Morgan fingerprint density at radius 1 is 0.941 bits per heavy atom. The van der Waals surface area contributed by atoms with Crippen molar-refractivity contribution >= 4 is 28.3 Å². The number of carbonyl (C=O) groups excluding carboxylic acids is 1. The number of phenolic OH excluding ortho intramolecular Hbond substituents is 1. The van der Waals surface area contributed by atoms with Gasteiger partial charge in [0.1, 0.15) is 5.75 Å². The maximum Gasteiger partial charge on any atom is 0.265 e. The van der Waals surface area contributed by atoms with E-state index >= 15 is 0 Å². The lowest BCUT2D eigenvalue weighted by molar-refractivity contribution is 0.0932. The molecule has 1 unspecified atom stereocenters. The number of benzene rings is 4. The molecule has 34 heavy (non-hydrogen) atoms. The van der Waals surface area contributed by atoms with Crippen LogP contribution in [-0.2, 0) is 6.54 Å². The Labute approximate surface area is 205 Å². The lowest BCUT2D eigenvalue weighted by Crippen LogP contribution is -2.36. The number of phenols is 1. The van der Waals surface area contributed by atoms with Crippen molar-refractivity contribution in [2.75, 3.05) is 6.54 Å². The van der Waals surface area contributed by atoms with Crippen molar-refractivity contribution in [1.82, 2.24) is 16.2 Å². The summed E-state index contributed by atoms with van der Waals surface area (Å²) in [7, 11) is 0. The van der Waals surface area contributed by atoms with Crippen LogP contribution in [0.15, 0.2) is 91.0 Å². The molecule has 0 radical (unpaired) electrons. The van der Waals surface area contributed by atoms with Crippen molar-refractivity contribution in [1.29, 1.82) is 0 Å². The van der Waals surface area contributed by atoms with Crippen LogP contribution in [0.2, 0.25) is 5.02 Å². The van der Waals surface area contributed by atoms with Gasteiger partial charge >= 0.3 is 0 Å². The standard InChI is InChI=1S/C18H15ClN2O2.C10H15N/c19-16-10-13(8-9-17(16)22)18(23)21-20-11-14-6-3-5-12-4-1-2-7-15(12)14;1-3-11-9(2)10-7-5-4-6-8-10/h1-10,20,22H,11H2,(H,21,23);4-9,11H,3H2,1-2H3. The zero-order valence-electron chi connectivity index (χ0n) is 19.4. The molecule has 6 heteroatoms. The van der Waals surface area contributed by atoms with Crippen molar-refractivity contribution in [2.45, 2.75) is 26.4 Å². The van der Waals surface area contributed by atoms with Crippen LogP contribution >= 0.6 is 11.6 Å². The zero-order chi connectivity index (χ0) is 24.3. The van der Waals surface area contributed by atoms with Crippen LogP contribution in [0.25, 0.3) is 10.8 Å². The van der Waals surface area contributed by atoms with E-state index in [4.69, 9.17) is 11.6 Å². The number of aromatic hydroxyl groups is 1. The van der Waals surface area contributed by atoms with Crippen LogP contribution in [0.4, 0.5) is 0 Å². The molecule has 0 heterocycles. The Bertz CT molecular complexity index is 1210. The summed E-state index contributed by atoms with van der Waals surface area (Å²) in [4.78, 5) is 12.0. The van der Waals surface area contributed by atoms with E-state index in [9.17, 15) is 9.90 Å². The van der Waals surface area contributed by atoms with Crippen LogP contribution in [-0.4, -0.2) is 17.6 Å². The van der Waals surface area contributed by atoms with Gasteiger partial charge < -0.3 is 10.4 Å². The molecule has 0 aliphatic rings. The third kappa shape index (κ3) is 7.06. The van der Waals surface area contributed by atoms with Gasteiger partial charge in [0.15, 0.2) is 0 Å². The van der Waals surface area contributed by atoms with E-state index in [2.05, 4.69) is 66.4 Å². The van der Waals surface area contributed by atoms with E-state index < -0.39 is 0 Å². The Morgan fingerprint density at radius 2 is 1.65 bits per heavy atom. The molecule has 0 aliphatic carbocycles. The van der Waals surface area contributed by atoms with Crippen LogP contribution in [0.1, 0.15) is 41.4 Å². The summed E-state index contributed by atoms with van der Waals surface area (Å²) in [5.41, 5.74) is 8.37. The summed E-state index contributed by atoms with van der Waals surface area (Å²) >= 11 is 5.80. The number of amides is 1. The van der Waals surface area contributed by atoms with Crippen molar-refractivity contribution in [3.05, 3.63) is 113 Å². The van der Waals surface area contributed by atoms with Crippen molar-refractivity contribution in [2.24, 2.45) is 0 Å². The van der Waals surface area contributed by atoms with E-state index in [0.29, 0.717) is 18.2 Å². The van der Waals surface area contributed by atoms with Gasteiger partial charge in [0.05, 0.1) is 5.02 Å². The minimum absolute atomic E-state index is 0.0491. The van der Waals surface area contributed by atoms with E-state index in [1.807, 2.05) is 36.4 Å². The lowest BCUT2D eigenvalue weighted by atomic mass is 10.1. The number of hydrazine groups is 1. The fourth-order valence-corrected chi connectivity index (χ4v) is 3.73. The molecule has 0 saturated carbocycles. The molecule has 1 atom stereocenters. The van der Waals surface area contributed by atoms with Gasteiger partial charge in [-0.1, -0.05) is 91.3 Å². The van der Waals surface area contributed by atoms with Gasteiger partial charge in [-0.25, -0.2) is 5.43 Å². The number of carbonyl (C=O) groups is 1. The van der Waals surface area contributed by atoms with Gasteiger partial charge in [0, 0.05) is 18.2 Å². The first-order valence-electron chi connectivity index (χ1n) is 11.3. The molecule has 1 amide bonds. The molecule has 0 bridgehead atoms. The molecule has 4 N–H and O–H groups in total. The van der Waals surface area contributed by atoms with Gasteiger partial charge in [-0.3, -0.25) is 10.2 Å². The average molecular weight is 476 g/mol. The zero-order valence-corrected chi connectivity index (χ0v) is 20.1. The molecule has 4 aromatic rings. The summed E-state index contributed by atoms with van der Waals surface area (Å²) in [6, 6.07) is 29.4. The molecule has 176 valence electrons. The normalized spacial score (nSPS) is 11.4. The summed E-state index contributed by atoms with van der Waals surface area (Å²) in [6.45, 7) is 5.83. The van der Waals surface area contributed by atoms with Gasteiger partial charge in [-0.2, -0.15) is 0 Å². The summed E-state index contributed by atoms with van der Waals surface area (Å²) < 4.78 is 0. The van der Waals surface area contributed by atoms with Crippen molar-refractivity contribution < 1.29 is 9.90 Å². The number of halogens is 1. The predicted octanol–water partition coefficient (Wildman–Crippen LogP) is 5.99. The van der Waals surface area contributed by atoms with Crippen LogP contribution < -0.4 is 16.2 Å². The van der Waals surface area contributed by atoms with Gasteiger partial charge in [-0.05, 0) is 53.6 Å². The van der Waals surface area contributed by atoms with Crippen molar-refractivity contribution in [3.63, 3.8) is 0 Å². The fraction of sp³-hybridized carbons (Fsp3) is 0.179. The minimum atomic E-state index is -0.313. The summed E-state index contributed by atoms with van der Waals surface area (Å²) in [5, 5.41) is 15.2. The number of hydrogen-bond donors (Lipinski definition) is 4. The molecule has 0 aliphatic heterocycles. The van der Waals surface area contributed by atoms with E-state index in [-0.39, 0.29) is 16.7 Å². The van der Waals surface area contributed by atoms with E-state index in [1.54, 1.807) is 0 Å². The smallest absolute Gasteiger partial charge is 0.265 e. The highest BCUT2D eigenvalue weighted by atomic mass is 35.5. The molecule has 5 nitrogen and oxygen atoms in total. The topological polar surface area (TPSA) is 73.4 Å². The molecule has 4 aromatic carbocycles. The molecular formula is C28H30ClN3O2. The highest BCUT2D eigenvalue weighted by Gasteiger charge is 2.08. The minimum Gasteiger partial charge on any atom is -0.506 e. The monoisotopic (exact) mass is 475 g/mol. The second kappa shape index (κ2) is 12.8. The molecule has 0 fully saturated rings. The molecule has 0 saturated heterocycles. The maximum absolute atomic E-state index is 12.0. The van der Waals surface area contributed by atoms with Gasteiger partial charge in [0.25, 0.3) is 5.91 Å². The Kier molecular flexibility index (Phi) is 9.47. The third-order valence-electron chi connectivity index (χ3n) is 5.38. The molecular weight excluding hydrogens is 446 g/mol. The first kappa shape index (κ1) is 25.2. The Morgan fingerprint density at radius 3 is 2.38 bits per heavy atom. The largest absolute Gasteiger partial charge is 0.506 e. The number of fused-ring (bicyclic) bond motifs is 1. The third-order valence-corrected chi connectivity index (χ3v) is 5.68. The van der Waals surface area contributed by atoms with E-state index in [1.165, 1.54) is 23.8 Å². The Hall–Kier alpha value is -3.38. The number of rotatable bonds is 7. The first-order chi connectivity index (χ1) is 16.5. The predicted molar refractivity (Wildman–Crippen MR) is 140 cm³/mol. The second-order valence-electron chi connectivity index (χ2n) is 7.80. The van der Waals surface area contributed by atoms with Crippen molar-refractivity contribution in [3.8, 4) is 5.75 Å². The number of hydrogen-bond acceptors (Lipinski definition) is 4. The number of nitrogens with one attached hydrogen (secondary N) is 3. The average Bonchev–Trinajstić information content (AvgIpc) is 2.87. The van der Waals surface area contributed by atoms with Gasteiger partial charge in [-0.15, -0.1) is 0 Å². The van der Waals surface area contributed by atoms with Crippen LogP contribution in [0.3, 0.4) is 0 Å². The quantitative estimate of drug-likeness (QED) is 0.248. The molecule has 4 rings (SSSR count). The molecule has 0 spiro atoms. The summed E-state index contributed by atoms with van der Waals surface area (Å²) in [5.74, 6) is -0.362. The molecule has 0 aromatic heterocycles. The fourth-order valence-electron chi connectivity index (χ4n) is 3.55. The highest BCUT2D eigenvalue weighted by molar-refractivity contribution is 6.32. The SMILES string of the molecule is CCNC(C)c1ccccc1.O=C(NNCc1cccc2ccccc12)c1ccc(O)c(Cl)c1. The maximum atomic E-state index is 12.0. The van der Waals surface area contributed by atoms with Crippen LogP contribution in [0.5, 0.6) is 5.75 Å². The van der Waals surface area contributed by atoms with E-state index in [0.717, 1.165) is 22.9 Å². The Balaban J connectivity index is 0.000000248. The first-order valence-corrected chi connectivity index (χ1v) is 11.6. The van der Waals surface area contributed by atoms with Gasteiger partial charge in [0.2, 0.25) is 0 Å².